The molecule has 0 atom stereocenters. The highest BCUT2D eigenvalue weighted by molar-refractivity contribution is 5.93. The Hall–Kier alpha value is -2.83. The maximum Gasteiger partial charge on any atom is 0.209 e. The molecule has 7 heteroatoms. The summed E-state index contributed by atoms with van der Waals surface area (Å²) in [7, 11) is 1.91. The summed E-state index contributed by atoms with van der Waals surface area (Å²) in [5.41, 5.74) is 4.09. The number of H-pyrrole nitrogens is 1. The summed E-state index contributed by atoms with van der Waals surface area (Å²) in [6.07, 6.45) is 6.57. The first-order chi connectivity index (χ1) is 11.2. The van der Waals surface area contributed by atoms with Gasteiger partial charge in [0, 0.05) is 62.3 Å². The first-order valence-electron chi connectivity index (χ1n) is 7.65. The zero-order valence-corrected chi connectivity index (χ0v) is 12.9. The number of amides is 1. The Kier molecular flexibility index (Phi) is 3.25. The van der Waals surface area contributed by atoms with E-state index in [1.54, 1.807) is 4.68 Å². The van der Waals surface area contributed by atoms with Crippen LogP contribution < -0.4 is 4.90 Å². The topological polar surface area (TPSA) is 70.1 Å². The van der Waals surface area contributed by atoms with E-state index in [4.69, 9.17) is 0 Å². The van der Waals surface area contributed by atoms with Gasteiger partial charge in [0.2, 0.25) is 6.41 Å². The Morgan fingerprint density at radius 2 is 2.09 bits per heavy atom. The number of hydrogen-bond acceptors (Lipinski definition) is 4. The number of aryl methyl sites for hydroxylation is 1. The largest absolute Gasteiger partial charge is 0.367 e. The molecule has 0 spiro atoms. The molecule has 0 unspecified atom stereocenters. The van der Waals surface area contributed by atoms with Gasteiger partial charge in [-0.1, -0.05) is 0 Å². The molecule has 1 aliphatic heterocycles. The van der Waals surface area contributed by atoms with Gasteiger partial charge < -0.3 is 14.8 Å². The number of carbonyl (C=O) groups is 1. The Bertz CT molecular complexity index is 843. The lowest BCUT2D eigenvalue weighted by Gasteiger charge is -2.34. The van der Waals surface area contributed by atoms with E-state index < -0.39 is 0 Å². The van der Waals surface area contributed by atoms with Crippen LogP contribution in [-0.2, 0) is 11.8 Å². The number of aromatic amines is 1. The predicted octanol–water partition coefficient (Wildman–Crippen LogP) is 1.24. The van der Waals surface area contributed by atoms with Crippen LogP contribution in [0.3, 0.4) is 0 Å². The van der Waals surface area contributed by atoms with E-state index in [1.807, 2.05) is 36.6 Å². The minimum atomic E-state index is 0.757. The minimum absolute atomic E-state index is 0.757. The average molecular weight is 310 g/mol. The Labute approximate surface area is 133 Å². The molecule has 0 bridgehead atoms. The number of carbonyl (C=O) groups excluding carboxylic acids is 1. The average Bonchev–Trinajstić information content (AvgIpc) is 3.20. The molecule has 0 saturated carbocycles. The van der Waals surface area contributed by atoms with Crippen molar-refractivity contribution in [3.63, 3.8) is 0 Å². The Morgan fingerprint density at radius 1 is 1.26 bits per heavy atom. The molecular weight excluding hydrogens is 292 g/mol. The van der Waals surface area contributed by atoms with Crippen molar-refractivity contribution < 1.29 is 4.79 Å². The van der Waals surface area contributed by atoms with Gasteiger partial charge in [-0.3, -0.25) is 9.48 Å². The summed E-state index contributed by atoms with van der Waals surface area (Å²) in [6.45, 7) is 3.19. The fraction of sp³-hybridized carbons (Fsp3) is 0.312. The van der Waals surface area contributed by atoms with Crippen LogP contribution in [0.5, 0.6) is 0 Å². The van der Waals surface area contributed by atoms with Crippen molar-refractivity contribution in [3.05, 3.63) is 30.7 Å². The molecular formula is C16H18N6O. The Morgan fingerprint density at radius 3 is 2.78 bits per heavy atom. The highest BCUT2D eigenvalue weighted by Crippen LogP contribution is 2.30. The van der Waals surface area contributed by atoms with Crippen molar-refractivity contribution in [2.45, 2.75) is 0 Å². The summed E-state index contributed by atoms with van der Waals surface area (Å²) in [5, 5.41) is 5.32. The molecule has 7 nitrogen and oxygen atoms in total. The van der Waals surface area contributed by atoms with Gasteiger partial charge in [0.15, 0.2) is 0 Å². The zero-order chi connectivity index (χ0) is 15.8. The number of nitrogens with zero attached hydrogens (tertiary/aromatic N) is 5. The van der Waals surface area contributed by atoms with Crippen LogP contribution in [0.4, 0.5) is 5.69 Å². The van der Waals surface area contributed by atoms with Crippen LogP contribution in [0, 0.1) is 0 Å². The van der Waals surface area contributed by atoms with E-state index in [0.717, 1.165) is 60.6 Å². The normalized spacial score (nSPS) is 15.3. The van der Waals surface area contributed by atoms with E-state index in [9.17, 15) is 4.79 Å². The number of nitrogens with one attached hydrogen (secondary N) is 1. The molecule has 0 aliphatic carbocycles. The van der Waals surface area contributed by atoms with Crippen molar-refractivity contribution in [3.8, 4) is 11.3 Å². The van der Waals surface area contributed by atoms with Gasteiger partial charge in [-0.05, 0) is 12.1 Å². The second-order valence-corrected chi connectivity index (χ2v) is 5.81. The molecule has 1 aliphatic rings. The number of anilines is 1. The standard InChI is InChI=1S/C16H18N6O/c1-20-10-12(9-18-20)14-8-13-15(2-3-17-16(13)19-14)22-6-4-21(11-23)5-7-22/h2-3,8-11H,4-7H2,1H3,(H,17,19). The molecule has 4 rings (SSSR count). The predicted molar refractivity (Wildman–Crippen MR) is 88.1 cm³/mol. The number of piperazine rings is 1. The fourth-order valence-corrected chi connectivity index (χ4v) is 3.07. The van der Waals surface area contributed by atoms with E-state index >= 15 is 0 Å². The van der Waals surface area contributed by atoms with E-state index in [1.165, 1.54) is 0 Å². The van der Waals surface area contributed by atoms with Crippen LogP contribution >= 0.6 is 0 Å². The zero-order valence-electron chi connectivity index (χ0n) is 12.9. The molecule has 3 aromatic rings. The first-order valence-corrected chi connectivity index (χ1v) is 7.65. The Balaban J connectivity index is 1.70. The molecule has 0 aromatic carbocycles. The maximum atomic E-state index is 10.9. The second kappa shape index (κ2) is 5.42. The molecule has 3 aromatic heterocycles. The number of aromatic nitrogens is 4. The van der Waals surface area contributed by atoms with Crippen molar-refractivity contribution in [2.24, 2.45) is 7.05 Å². The molecule has 1 amide bonds. The quantitative estimate of drug-likeness (QED) is 0.739. The van der Waals surface area contributed by atoms with Gasteiger partial charge >= 0.3 is 0 Å². The molecule has 23 heavy (non-hydrogen) atoms. The lowest BCUT2D eigenvalue weighted by molar-refractivity contribution is -0.118. The van der Waals surface area contributed by atoms with Gasteiger partial charge in [-0.25, -0.2) is 4.98 Å². The van der Waals surface area contributed by atoms with E-state index in [-0.39, 0.29) is 0 Å². The van der Waals surface area contributed by atoms with Crippen LogP contribution in [-0.4, -0.2) is 57.2 Å². The van der Waals surface area contributed by atoms with Gasteiger partial charge in [-0.2, -0.15) is 5.10 Å². The monoisotopic (exact) mass is 310 g/mol. The summed E-state index contributed by atoms with van der Waals surface area (Å²) in [4.78, 5) is 22.8. The third kappa shape index (κ3) is 2.44. The number of fused-ring (bicyclic) bond motifs is 1. The second-order valence-electron chi connectivity index (χ2n) is 5.81. The molecule has 118 valence electrons. The van der Waals surface area contributed by atoms with Crippen molar-refractivity contribution in [2.75, 3.05) is 31.1 Å². The van der Waals surface area contributed by atoms with Gasteiger partial charge in [-0.15, -0.1) is 0 Å². The maximum absolute atomic E-state index is 10.9. The third-order valence-corrected chi connectivity index (χ3v) is 4.33. The highest BCUT2D eigenvalue weighted by Gasteiger charge is 2.19. The third-order valence-electron chi connectivity index (χ3n) is 4.33. The summed E-state index contributed by atoms with van der Waals surface area (Å²) >= 11 is 0. The van der Waals surface area contributed by atoms with Crippen LogP contribution in [0.15, 0.2) is 30.7 Å². The number of rotatable bonds is 3. The summed E-state index contributed by atoms with van der Waals surface area (Å²) in [5.74, 6) is 0. The van der Waals surface area contributed by atoms with E-state index in [2.05, 4.69) is 26.0 Å². The van der Waals surface area contributed by atoms with Crippen molar-refractivity contribution in [1.82, 2.24) is 24.6 Å². The van der Waals surface area contributed by atoms with Crippen molar-refractivity contribution in [1.29, 1.82) is 0 Å². The summed E-state index contributed by atoms with van der Waals surface area (Å²) in [6, 6.07) is 4.17. The van der Waals surface area contributed by atoms with Crippen molar-refractivity contribution >= 4 is 23.1 Å². The number of pyridine rings is 1. The van der Waals surface area contributed by atoms with Gasteiger partial charge in [0.25, 0.3) is 0 Å². The molecule has 1 N–H and O–H groups in total. The molecule has 1 fully saturated rings. The lowest BCUT2D eigenvalue weighted by Crippen LogP contribution is -2.45. The van der Waals surface area contributed by atoms with Gasteiger partial charge in [0.05, 0.1) is 11.9 Å². The summed E-state index contributed by atoms with van der Waals surface area (Å²) < 4.78 is 1.79. The molecule has 4 heterocycles. The first kappa shape index (κ1) is 13.8. The molecule has 1 saturated heterocycles. The SMILES string of the molecule is Cn1cc(-c2cc3c(N4CCN(C=O)CC4)ccnc3[nH]2)cn1. The van der Waals surface area contributed by atoms with Crippen LogP contribution in [0.25, 0.3) is 22.3 Å². The smallest absolute Gasteiger partial charge is 0.209 e. The lowest BCUT2D eigenvalue weighted by atomic mass is 10.2. The minimum Gasteiger partial charge on any atom is -0.367 e. The van der Waals surface area contributed by atoms with Crippen LogP contribution in [0.2, 0.25) is 0 Å². The highest BCUT2D eigenvalue weighted by atomic mass is 16.1. The fourth-order valence-electron chi connectivity index (χ4n) is 3.07. The number of hydrogen-bond donors (Lipinski definition) is 1. The van der Waals surface area contributed by atoms with Gasteiger partial charge in [0.1, 0.15) is 5.65 Å². The van der Waals surface area contributed by atoms with E-state index in [0.29, 0.717) is 0 Å². The molecule has 0 radical (unpaired) electrons. The van der Waals surface area contributed by atoms with Crippen LogP contribution in [0.1, 0.15) is 0 Å².